The highest BCUT2D eigenvalue weighted by Gasteiger charge is 2.11. The molecule has 2 aromatic heterocycles. The number of aromatic nitrogens is 2. The summed E-state index contributed by atoms with van der Waals surface area (Å²) in [6.07, 6.45) is 5.56. The van der Waals surface area contributed by atoms with Crippen LogP contribution in [0.15, 0.2) is 30.6 Å². The van der Waals surface area contributed by atoms with Gasteiger partial charge < -0.3 is 5.32 Å². The van der Waals surface area contributed by atoms with Crippen molar-refractivity contribution in [1.29, 1.82) is 0 Å². The van der Waals surface area contributed by atoms with Gasteiger partial charge in [0, 0.05) is 18.1 Å². The van der Waals surface area contributed by atoms with E-state index in [2.05, 4.69) is 33.3 Å². The Kier molecular flexibility index (Phi) is 4.96. The second kappa shape index (κ2) is 6.70. The van der Waals surface area contributed by atoms with Crippen molar-refractivity contribution < 1.29 is 4.79 Å². The van der Waals surface area contributed by atoms with Gasteiger partial charge in [0.15, 0.2) is 0 Å². The van der Waals surface area contributed by atoms with Crippen LogP contribution < -0.4 is 5.32 Å². The number of pyridine rings is 1. The minimum absolute atomic E-state index is 0.0484. The molecule has 0 aliphatic carbocycles. The van der Waals surface area contributed by atoms with Crippen LogP contribution in [-0.2, 0) is 0 Å². The van der Waals surface area contributed by atoms with Crippen LogP contribution in [-0.4, -0.2) is 27.4 Å². The number of halogens is 1. The monoisotopic (exact) mass is 323 g/mol. The fourth-order valence-electron chi connectivity index (χ4n) is 1.93. The molecule has 1 atom stereocenters. The number of carbonyl (C=O) groups is 1. The number of carbonyl (C=O) groups excluding carboxylic acids is 1. The zero-order chi connectivity index (χ0) is 13.7. The van der Waals surface area contributed by atoms with Crippen LogP contribution in [0.25, 0.3) is 5.52 Å². The van der Waals surface area contributed by atoms with E-state index in [1.807, 2.05) is 24.4 Å². The Morgan fingerprint density at radius 1 is 1.53 bits per heavy atom. The van der Waals surface area contributed by atoms with Crippen molar-refractivity contribution in [2.45, 2.75) is 19.8 Å². The number of nitrogens with one attached hydrogen (secondary N) is 1. The Morgan fingerprint density at radius 3 is 3.16 bits per heavy atom. The quantitative estimate of drug-likeness (QED) is 0.656. The molecule has 0 spiro atoms. The standard InChI is InChI=1S/C14H18BrN3O/c1-11(9-15)5-4-7-16-14(19)12-10-17-18-8-3-2-6-13(12)18/h2-3,6,8,10-11H,4-5,7,9H2,1H3,(H,16,19). The van der Waals surface area contributed by atoms with Gasteiger partial charge >= 0.3 is 0 Å². The van der Waals surface area contributed by atoms with Crippen molar-refractivity contribution in [3.63, 3.8) is 0 Å². The van der Waals surface area contributed by atoms with E-state index < -0.39 is 0 Å². The van der Waals surface area contributed by atoms with E-state index in [9.17, 15) is 4.79 Å². The fourth-order valence-corrected chi connectivity index (χ4v) is 2.26. The van der Waals surface area contributed by atoms with E-state index in [0.29, 0.717) is 18.0 Å². The number of rotatable bonds is 6. The molecular weight excluding hydrogens is 306 g/mol. The van der Waals surface area contributed by atoms with E-state index in [1.54, 1.807) is 10.7 Å². The molecule has 0 aromatic carbocycles. The van der Waals surface area contributed by atoms with Crippen LogP contribution in [0.3, 0.4) is 0 Å². The highest BCUT2D eigenvalue weighted by Crippen LogP contribution is 2.10. The molecule has 102 valence electrons. The molecule has 1 N–H and O–H groups in total. The predicted molar refractivity (Wildman–Crippen MR) is 79.7 cm³/mol. The van der Waals surface area contributed by atoms with Crippen LogP contribution >= 0.6 is 15.9 Å². The maximum absolute atomic E-state index is 12.1. The van der Waals surface area contributed by atoms with E-state index >= 15 is 0 Å². The Balaban J connectivity index is 1.90. The normalized spacial score (nSPS) is 12.5. The Bertz CT molecular complexity index is 552. The highest BCUT2D eigenvalue weighted by atomic mass is 79.9. The van der Waals surface area contributed by atoms with Gasteiger partial charge in [-0.05, 0) is 30.9 Å². The smallest absolute Gasteiger partial charge is 0.255 e. The van der Waals surface area contributed by atoms with E-state index in [-0.39, 0.29) is 5.91 Å². The second-order valence-electron chi connectivity index (χ2n) is 4.75. The van der Waals surface area contributed by atoms with Gasteiger partial charge in [0.2, 0.25) is 0 Å². The van der Waals surface area contributed by atoms with Crippen molar-refractivity contribution in [3.05, 3.63) is 36.2 Å². The fraction of sp³-hybridized carbons (Fsp3) is 0.429. The third kappa shape index (κ3) is 3.56. The average Bonchev–Trinajstić information content (AvgIpc) is 2.87. The zero-order valence-corrected chi connectivity index (χ0v) is 12.6. The molecule has 19 heavy (non-hydrogen) atoms. The Morgan fingerprint density at radius 2 is 2.37 bits per heavy atom. The first kappa shape index (κ1) is 14.1. The summed E-state index contributed by atoms with van der Waals surface area (Å²) in [6, 6.07) is 5.70. The average molecular weight is 324 g/mol. The molecule has 2 rings (SSSR count). The highest BCUT2D eigenvalue weighted by molar-refractivity contribution is 9.09. The van der Waals surface area contributed by atoms with Crippen molar-refractivity contribution in [1.82, 2.24) is 14.9 Å². The molecule has 0 aliphatic rings. The van der Waals surface area contributed by atoms with Crippen LogP contribution in [0.2, 0.25) is 0 Å². The summed E-state index contributed by atoms with van der Waals surface area (Å²) in [4.78, 5) is 12.1. The molecule has 5 heteroatoms. The summed E-state index contributed by atoms with van der Waals surface area (Å²) in [5.74, 6) is 0.599. The lowest BCUT2D eigenvalue weighted by Crippen LogP contribution is -2.24. The lowest BCUT2D eigenvalue weighted by Gasteiger charge is -2.07. The topological polar surface area (TPSA) is 46.4 Å². The number of fused-ring (bicyclic) bond motifs is 1. The minimum Gasteiger partial charge on any atom is -0.352 e. The van der Waals surface area contributed by atoms with Crippen molar-refractivity contribution in [2.75, 3.05) is 11.9 Å². The van der Waals surface area contributed by atoms with Gasteiger partial charge in [-0.2, -0.15) is 5.10 Å². The predicted octanol–water partition coefficient (Wildman–Crippen LogP) is 2.88. The summed E-state index contributed by atoms with van der Waals surface area (Å²) in [5, 5.41) is 8.12. The van der Waals surface area contributed by atoms with Gasteiger partial charge in [-0.1, -0.05) is 28.9 Å². The van der Waals surface area contributed by atoms with Gasteiger partial charge in [0.25, 0.3) is 5.91 Å². The zero-order valence-electron chi connectivity index (χ0n) is 11.0. The van der Waals surface area contributed by atoms with E-state index in [1.165, 1.54) is 0 Å². The first-order valence-corrected chi connectivity index (χ1v) is 7.61. The Hall–Kier alpha value is -1.36. The summed E-state index contributed by atoms with van der Waals surface area (Å²) >= 11 is 3.46. The van der Waals surface area contributed by atoms with Crippen LogP contribution in [0, 0.1) is 5.92 Å². The van der Waals surface area contributed by atoms with Crippen molar-refractivity contribution in [2.24, 2.45) is 5.92 Å². The van der Waals surface area contributed by atoms with Crippen molar-refractivity contribution >= 4 is 27.4 Å². The van der Waals surface area contributed by atoms with Crippen LogP contribution in [0.1, 0.15) is 30.1 Å². The summed E-state index contributed by atoms with van der Waals surface area (Å²) in [7, 11) is 0. The minimum atomic E-state index is -0.0484. The maximum Gasteiger partial charge on any atom is 0.255 e. The molecule has 0 saturated heterocycles. The number of nitrogens with zero attached hydrogens (tertiary/aromatic N) is 2. The third-order valence-electron chi connectivity index (χ3n) is 3.09. The molecule has 0 saturated carbocycles. The summed E-state index contributed by atoms with van der Waals surface area (Å²) in [5.41, 5.74) is 1.47. The molecule has 1 unspecified atom stereocenters. The van der Waals surface area contributed by atoms with Crippen LogP contribution in [0.5, 0.6) is 0 Å². The van der Waals surface area contributed by atoms with Crippen LogP contribution in [0.4, 0.5) is 0 Å². The van der Waals surface area contributed by atoms with E-state index in [0.717, 1.165) is 23.7 Å². The van der Waals surface area contributed by atoms with Gasteiger partial charge in [0.1, 0.15) is 0 Å². The first-order valence-electron chi connectivity index (χ1n) is 6.49. The molecular formula is C14H18BrN3O. The van der Waals surface area contributed by atoms with Crippen molar-refractivity contribution in [3.8, 4) is 0 Å². The van der Waals surface area contributed by atoms with Gasteiger partial charge in [0.05, 0.1) is 17.3 Å². The molecule has 2 heterocycles. The van der Waals surface area contributed by atoms with Gasteiger partial charge in [-0.3, -0.25) is 4.79 Å². The molecule has 0 fully saturated rings. The molecule has 1 amide bonds. The number of hydrogen-bond acceptors (Lipinski definition) is 2. The third-order valence-corrected chi connectivity index (χ3v) is 4.20. The second-order valence-corrected chi connectivity index (χ2v) is 5.39. The molecule has 0 bridgehead atoms. The lowest BCUT2D eigenvalue weighted by molar-refractivity contribution is 0.0954. The molecule has 2 aromatic rings. The number of amides is 1. The maximum atomic E-state index is 12.1. The first-order chi connectivity index (χ1) is 9.22. The lowest BCUT2D eigenvalue weighted by atomic mass is 10.1. The molecule has 0 aliphatic heterocycles. The Labute approximate surface area is 121 Å². The summed E-state index contributed by atoms with van der Waals surface area (Å²) in [6.45, 7) is 2.90. The number of hydrogen-bond donors (Lipinski definition) is 1. The molecule has 0 radical (unpaired) electrons. The van der Waals surface area contributed by atoms with E-state index in [4.69, 9.17) is 0 Å². The largest absolute Gasteiger partial charge is 0.352 e. The molecule has 4 nitrogen and oxygen atoms in total. The van der Waals surface area contributed by atoms with Gasteiger partial charge in [-0.25, -0.2) is 4.52 Å². The van der Waals surface area contributed by atoms with Gasteiger partial charge in [-0.15, -0.1) is 0 Å². The SMILES string of the molecule is CC(CBr)CCCNC(=O)c1cnn2ccccc12. The number of alkyl halides is 1. The summed E-state index contributed by atoms with van der Waals surface area (Å²) < 4.78 is 1.71.